The lowest BCUT2D eigenvalue weighted by Crippen LogP contribution is -2.29. The van der Waals surface area contributed by atoms with Crippen LogP contribution in [0.1, 0.15) is 5.56 Å². The maximum Gasteiger partial charge on any atom is 0.329 e. The van der Waals surface area contributed by atoms with Crippen molar-refractivity contribution < 1.29 is 4.39 Å². The van der Waals surface area contributed by atoms with Gasteiger partial charge in [-0.2, -0.15) is 4.98 Å². The van der Waals surface area contributed by atoms with Crippen molar-refractivity contribution in [1.29, 1.82) is 0 Å². The standard InChI is InChI=1S/C14H14FN5O2/c1-16-13-17-11-10(12(21)18-14(22)19(11)2)20(13)7-8-3-5-9(15)6-4-8/h3-6H,7H2,1-2H3,(H,16,17)(H,18,21,22). The van der Waals surface area contributed by atoms with E-state index in [4.69, 9.17) is 0 Å². The van der Waals surface area contributed by atoms with Crippen molar-refractivity contribution in [2.24, 2.45) is 7.05 Å². The van der Waals surface area contributed by atoms with Crippen molar-refractivity contribution in [1.82, 2.24) is 19.1 Å². The molecule has 3 aromatic rings. The Morgan fingerprint density at radius 2 is 1.95 bits per heavy atom. The third-order valence-electron chi connectivity index (χ3n) is 3.48. The summed E-state index contributed by atoms with van der Waals surface area (Å²) in [4.78, 5) is 30.3. The first-order chi connectivity index (χ1) is 10.5. The van der Waals surface area contributed by atoms with Crippen LogP contribution in [0.3, 0.4) is 0 Å². The fourth-order valence-corrected chi connectivity index (χ4v) is 2.35. The summed E-state index contributed by atoms with van der Waals surface area (Å²) in [7, 11) is 3.21. The van der Waals surface area contributed by atoms with Crippen LogP contribution in [0.4, 0.5) is 10.3 Å². The molecule has 0 atom stereocenters. The van der Waals surface area contributed by atoms with E-state index in [1.165, 1.54) is 23.7 Å². The number of nitrogens with zero attached hydrogens (tertiary/aromatic N) is 3. The van der Waals surface area contributed by atoms with Crippen LogP contribution in [0.2, 0.25) is 0 Å². The summed E-state index contributed by atoms with van der Waals surface area (Å²) in [5.74, 6) is 0.124. The van der Waals surface area contributed by atoms with Crippen molar-refractivity contribution in [3.8, 4) is 0 Å². The largest absolute Gasteiger partial charge is 0.359 e. The number of fused-ring (bicyclic) bond motifs is 1. The monoisotopic (exact) mass is 303 g/mol. The third-order valence-corrected chi connectivity index (χ3v) is 3.48. The van der Waals surface area contributed by atoms with E-state index >= 15 is 0 Å². The molecule has 0 spiro atoms. The molecule has 2 heterocycles. The minimum Gasteiger partial charge on any atom is -0.359 e. The van der Waals surface area contributed by atoms with Crippen LogP contribution < -0.4 is 16.6 Å². The molecule has 0 radical (unpaired) electrons. The van der Waals surface area contributed by atoms with E-state index < -0.39 is 11.2 Å². The first kappa shape index (κ1) is 14.1. The third kappa shape index (κ3) is 2.18. The number of aromatic amines is 1. The Morgan fingerprint density at radius 3 is 2.59 bits per heavy atom. The number of benzene rings is 1. The van der Waals surface area contributed by atoms with Gasteiger partial charge in [0.05, 0.1) is 6.54 Å². The molecule has 0 saturated heterocycles. The van der Waals surface area contributed by atoms with Crippen LogP contribution in [-0.4, -0.2) is 26.1 Å². The van der Waals surface area contributed by atoms with Gasteiger partial charge in [0.1, 0.15) is 5.82 Å². The van der Waals surface area contributed by atoms with Gasteiger partial charge in [-0.05, 0) is 17.7 Å². The van der Waals surface area contributed by atoms with E-state index in [0.29, 0.717) is 18.1 Å². The smallest absolute Gasteiger partial charge is 0.329 e. The van der Waals surface area contributed by atoms with Crippen LogP contribution in [-0.2, 0) is 13.6 Å². The fourth-order valence-electron chi connectivity index (χ4n) is 2.35. The van der Waals surface area contributed by atoms with Gasteiger partial charge in [0, 0.05) is 14.1 Å². The number of anilines is 1. The van der Waals surface area contributed by atoms with Gasteiger partial charge >= 0.3 is 5.69 Å². The normalized spacial score (nSPS) is 11.0. The lowest BCUT2D eigenvalue weighted by molar-refractivity contribution is 0.626. The predicted octanol–water partition coefficient (Wildman–Crippen LogP) is 0.652. The molecule has 2 N–H and O–H groups in total. The van der Waals surface area contributed by atoms with Gasteiger partial charge in [0.2, 0.25) is 5.95 Å². The average Bonchev–Trinajstić information content (AvgIpc) is 2.86. The minimum atomic E-state index is -0.522. The Hall–Kier alpha value is -2.90. The summed E-state index contributed by atoms with van der Waals surface area (Å²) in [6.07, 6.45) is 0. The van der Waals surface area contributed by atoms with Gasteiger partial charge in [0.25, 0.3) is 5.56 Å². The van der Waals surface area contributed by atoms with Crippen LogP contribution >= 0.6 is 0 Å². The van der Waals surface area contributed by atoms with Crippen molar-refractivity contribution in [2.45, 2.75) is 6.54 Å². The van der Waals surface area contributed by atoms with E-state index in [2.05, 4.69) is 15.3 Å². The first-order valence-electron chi connectivity index (χ1n) is 6.63. The zero-order chi connectivity index (χ0) is 15.9. The highest BCUT2D eigenvalue weighted by Crippen LogP contribution is 2.17. The van der Waals surface area contributed by atoms with Crippen LogP contribution in [0.25, 0.3) is 11.2 Å². The summed E-state index contributed by atoms with van der Waals surface area (Å²) in [5, 5.41) is 2.90. The molecule has 0 fully saturated rings. The fraction of sp³-hybridized carbons (Fsp3) is 0.214. The number of nitrogens with one attached hydrogen (secondary N) is 2. The van der Waals surface area contributed by atoms with Gasteiger partial charge in [-0.25, -0.2) is 9.18 Å². The Morgan fingerprint density at radius 1 is 1.27 bits per heavy atom. The molecule has 0 saturated carbocycles. The SMILES string of the molecule is CNc1nc2c(c(=O)[nH]c(=O)n2C)n1Cc1ccc(F)cc1. The van der Waals surface area contributed by atoms with Crippen LogP contribution in [0, 0.1) is 5.82 Å². The highest BCUT2D eigenvalue weighted by atomic mass is 19.1. The van der Waals surface area contributed by atoms with Gasteiger partial charge in [-0.15, -0.1) is 0 Å². The zero-order valence-electron chi connectivity index (χ0n) is 12.1. The molecular weight excluding hydrogens is 289 g/mol. The maximum atomic E-state index is 13.0. The summed E-state index contributed by atoms with van der Waals surface area (Å²) < 4.78 is 15.9. The zero-order valence-corrected chi connectivity index (χ0v) is 12.1. The Balaban J connectivity index is 2.24. The summed E-state index contributed by atoms with van der Waals surface area (Å²) in [6.45, 7) is 0.328. The number of aryl methyl sites for hydroxylation is 1. The Kier molecular flexibility index (Phi) is 3.28. The van der Waals surface area contributed by atoms with Gasteiger partial charge in [-0.3, -0.25) is 18.9 Å². The topological polar surface area (TPSA) is 84.7 Å². The second kappa shape index (κ2) is 5.14. The number of aromatic nitrogens is 4. The molecule has 114 valence electrons. The number of H-pyrrole nitrogens is 1. The van der Waals surface area contributed by atoms with Gasteiger partial charge < -0.3 is 5.32 Å². The van der Waals surface area contributed by atoms with E-state index in [9.17, 15) is 14.0 Å². The second-order valence-corrected chi connectivity index (χ2v) is 4.89. The molecule has 8 heteroatoms. The second-order valence-electron chi connectivity index (χ2n) is 4.89. The number of imidazole rings is 1. The molecule has 0 bridgehead atoms. The summed E-state index contributed by atoms with van der Waals surface area (Å²) in [6, 6.07) is 5.98. The molecule has 2 aromatic heterocycles. The number of hydrogen-bond donors (Lipinski definition) is 2. The lowest BCUT2D eigenvalue weighted by atomic mass is 10.2. The summed E-state index contributed by atoms with van der Waals surface area (Å²) >= 11 is 0. The van der Waals surface area contributed by atoms with E-state index in [0.717, 1.165) is 5.56 Å². The predicted molar refractivity (Wildman–Crippen MR) is 80.6 cm³/mol. The molecule has 0 amide bonds. The molecule has 7 nitrogen and oxygen atoms in total. The quantitative estimate of drug-likeness (QED) is 0.744. The number of rotatable bonds is 3. The van der Waals surface area contributed by atoms with Crippen molar-refractivity contribution in [3.05, 3.63) is 56.5 Å². The number of halogens is 1. The van der Waals surface area contributed by atoms with Gasteiger partial charge in [0.15, 0.2) is 11.2 Å². The first-order valence-corrected chi connectivity index (χ1v) is 6.63. The van der Waals surface area contributed by atoms with E-state index in [-0.39, 0.29) is 11.3 Å². The number of hydrogen-bond acceptors (Lipinski definition) is 4. The highest BCUT2D eigenvalue weighted by Gasteiger charge is 2.16. The minimum absolute atomic E-state index is 0.288. The van der Waals surface area contributed by atoms with E-state index in [1.54, 1.807) is 23.7 Å². The van der Waals surface area contributed by atoms with E-state index in [1.807, 2.05) is 0 Å². The van der Waals surface area contributed by atoms with Crippen molar-refractivity contribution >= 4 is 17.1 Å². The molecule has 0 aliphatic carbocycles. The van der Waals surface area contributed by atoms with Crippen molar-refractivity contribution in [2.75, 3.05) is 12.4 Å². The molecule has 0 unspecified atom stereocenters. The molecule has 3 rings (SSSR count). The molecular formula is C14H14FN5O2. The highest BCUT2D eigenvalue weighted by molar-refractivity contribution is 5.74. The molecule has 22 heavy (non-hydrogen) atoms. The molecule has 0 aliphatic heterocycles. The van der Waals surface area contributed by atoms with Crippen LogP contribution in [0.15, 0.2) is 33.9 Å². The Labute approximate surface area is 124 Å². The average molecular weight is 303 g/mol. The summed E-state index contributed by atoms with van der Waals surface area (Å²) in [5.41, 5.74) is 0.363. The molecule has 0 aliphatic rings. The van der Waals surface area contributed by atoms with Crippen LogP contribution in [0.5, 0.6) is 0 Å². The Bertz CT molecular complexity index is 952. The van der Waals surface area contributed by atoms with Gasteiger partial charge in [-0.1, -0.05) is 12.1 Å². The maximum absolute atomic E-state index is 13.0. The lowest BCUT2D eigenvalue weighted by Gasteiger charge is -2.08. The van der Waals surface area contributed by atoms with Crippen molar-refractivity contribution in [3.63, 3.8) is 0 Å². The molecule has 1 aromatic carbocycles.